The Morgan fingerprint density at radius 2 is 1.86 bits per heavy atom. The van der Waals surface area contributed by atoms with Crippen LogP contribution >= 0.6 is 23.2 Å². The number of benzene rings is 2. The first-order valence-corrected chi connectivity index (χ1v) is 11.3. The van der Waals surface area contributed by atoms with E-state index in [1.54, 1.807) is 18.2 Å². The fourth-order valence-corrected chi connectivity index (χ4v) is 4.61. The summed E-state index contributed by atoms with van der Waals surface area (Å²) in [7, 11) is 0. The highest BCUT2D eigenvalue weighted by Crippen LogP contribution is 2.39. The number of carbonyl (C=O) groups excluding carboxylic acids is 1. The highest BCUT2D eigenvalue weighted by atomic mass is 35.5. The van der Waals surface area contributed by atoms with E-state index in [0.717, 1.165) is 36.3 Å². The van der Waals surface area contributed by atoms with Crippen molar-refractivity contribution < 1.29 is 14.1 Å². The monoisotopic (exact) mass is 439 g/mol. The van der Waals surface area contributed by atoms with Gasteiger partial charge in [0, 0.05) is 11.8 Å². The first kappa shape index (κ1) is 21.3. The van der Waals surface area contributed by atoms with Crippen LogP contribution in [0.25, 0.3) is 0 Å². The second-order valence-corrected chi connectivity index (χ2v) is 9.71. The van der Waals surface area contributed by atoms with Gasteiger partial charge in [0.15, 0.2) is 4.90 Å². The number of hydrogen-bond donors (Lipinski definition) is 1. The van der Waals surface area contributed by atoms with Gasteiger partial charge in [-0.25, -0.2) is 0 Å². The number of fused-ring (bicyclic) bond motifs is 1. The van der Waals surface area contributed by atoms with Crippen LogP contribution in [0.4, 0.5) is 5.69 Å². The summed E-state index contributed by atoms with van der Waals surface area (Å²) in [5.41, 5.74) is 1.28. The number of rotatable bonds is 8. The first-order chi connectivity index (χ1) is 13.3. The molecule has 0 radical (unpaired) electrons. The molecular weight excluding hydrogens is 417 g/mol. The van der Waals surface area contributed by atoms with E-state index in [1.807, 2.05) is 32.0 Å². The van der Waals surface area contributed by atoms with Crippen molar-refractivity contribution in [1.29, 1.82) is 0 Å². The minimum absolute atomic E-state index is 0.00891. The van der Waals surface area contributed by atoms with Gasteiger partial charge in [0.1, 0.15) is 11.5 Å². The van der Waals surface area contributed by atoms with Crippen LogP contribution in [0.5, 0.6) is 5.75 Å². The molecule has 1 aliphatic heterocycles. The van der Waals surface area contributed by atoms with Gasteiger partial charge in [-0.15, -0.1) is 0 Å². The van der Waals surface area contributed by atoms with E-state index in [-0.39, 0.29) is 5.91 Å². The number of anilines is 1. The summed E-state index contributed by atoms with van der Waals surface area (Å²) in [4.78, 5) is 12.7. The lowest BCUT2D eigenvalue weighted by Gasteiger charge is -2.16. The largest absolute Gasteiger partial charge is 0.611 e. The molecule has 1 N–H and O–H groups in total. The maximum atomic E-state index is 12.3. The van der Waals surface area contributed by atoms with Crippen molar-refractivity contribution in [1.82, 2.24) is 0 Å². The Hall–Kier alpha value is -1.40. The molecule has 1 aliphatic rings. The zero-order valence-electron chi connectivity index (χ0n) is 15.9. The van der Waals surface area contributed by atoms with Gasteiger partial charge in [-0.3, -0.25) is 4.79 Å². The normalized spacial score (nSPS) is 15.8. The lowest BCUT2D eigenvalue weighted by molar-refractivity contribution is -0.119. The smallest absolute Gasteiger partial charge is 0.234 e. The van der Waals surface area contributed by atoms with Gasteiger partial charge in [0.25, 0.3) is 0 Å². The number of hydrogen-bond acceptors (Lipinski definition) is 3. The molecule has 0 fully saturated rings. The lowest BCUT2D eigenvalue weighted by atomic mass is 9.86. The Morgan fingerprint density at radius 1 is 1.07 bits per heavy atom. The molecule has 1 amide bonds. The van der Waals surface area contributed by atoms with Crippen molar-refractivity contribution in [3.05, 3.63) is 52.0 Å². The molecule has 1 heterocycles. The highest BCUT2D eigenvalue weighted by molar-refractivity contribution is 7.91. The zero-order chi connectivity index (χ0) is 20.3. The Bertz CT molecular complexity index is 873. The summed E-state index contributed by atoms with van der Waals surface area (Å²) in [5, 5.41) is 3.78. The van der Waals surface area contributed by atoms with Gasteiger partial charge in [0.05, 0.1) is 22.1 Å². The number of unbranched alkanes of at least 4 members (excludes halogenated alkanes) is 2. The summed E-state index contributed by atoms with van der Waals surface area (Å²) in [6.07, 6.45) is 2.63. The van der Waals surface area contributed by atoms with Crippen molar-refractivity contribution >= 4 is 46.0 Å². The molecule has 0 saturated heterocycles. The van der Waals surface area contributed by atoms with Crippen LogP contribution in [-0.4, -0.2) is 22.8 Å². The third-order valence-corrected chi connectivity index (χ3v) is 7.06. The fourth-order valence-electron chi connectivity index (χ4n) is 3.08. The second-order valence-electron chi connectivity index (χ2n) is 7.32. The number of ether oxygens (including phenoxy) is 1. The summed E-state index contributed by atoms with van der Waals surface area (Å²) < 4.78 is 18.1. The molecule has 0 aromatic heterocycles. The van der Waals surface area contributed by atoms with Gasteiger partial charge in [-0.05, 0) is 80.2 Å². The Balaban J connectivity index is 1.40. The molecule has 150 valence electrons. The van der Waals surface area contributed by atoms with Crippen molar-refractivity contribution in [2.75, 3.05) is 17.7 Å². The minimum atomic E-state index is -1.08. The standard InChI is InChI=1S/C21H23Cl2NO3S/c1-21(2)16-12-14(6-9-19(16)24-20(21)25)27-10-4-3-5-11-28(26)15-7-8-17(22)18(23)13-15/h6-9,12-13H,3-5,10-11H2,1-2H3,(H,24,25). The number of carbonyl (C=O) groups is 1. The molecule has 2 aromatic carbocycles. The predicted molar refractivity (Wildman–Crippen MR) is 115 cm³/mol. The van der Waals surface area contributed by atoms with E-state index < -0.39 is 16.6 Å². The van der Waals surface area contributed by atoms with Gasteiger partial charge in [0.2, 0.25) is 5.91 Å². The van der Waals surface area contributed by atoms with E-state index in [4.69, 9.17) is 27.9 Å². The van der Waals surface area contributed by atoms with Crippen LogP contribution in [-0.2, 0) is 21.4 Å². The molecule has 0 saturated carbocycles. The second kappa shape index (κ2) is 8.95. The van der Waals surface area contributed by atoms with Crippen LogP contribution in [0.2, 0.25) is 10.0 Å². The molecule has 1 atom stereocenters. The molecule has 7 heteroatoms. The topological polar surface area (TPSA) is 61.4 Å². The van der Waals surface area contributed by atoms with Crippen LogP contribution in [0.15, 0.2) is 41.3 Å². The van der Waals surface area contributed by atoms with Gasteiger partial charge >= 0.3 is 0 Å². The van der Waals surface area contributed by atoms with Crippen LogP contribution in [0.1, 0.15) is 38.7 Å². The molecule has 0 spiro atoms. The summed E-state index contributed by atoms with van der Waals surface area (Å²) in [5.74, 6) is 1.36. The molecular formula is C21H23Cl2NO3S. The van der Waals surface area contributed by atoms with Crippen LogP contribution in [0, 0.1) is 0 Å². The van der Waals surface area contributed by atoms with Crippen LogP contribution < -0.4 is 10.1 Å². The molecule has 4 nitrogen and oxygen atoms in total. The third-order valence-electron chi connectivity index (χ3n) is 4.88. The SMILES string of the molecule is CC1(C)C(=O)Nc2ccc(OCCCCC[S+]([O-])c3ccc(Cl)c(Cl)c3)cc21. The number of amides is 1. The van der Waals surface area contributed by atoms with Gasteiger partial charge < -0.3 is 14.6 Å². The lowest BCUT2D eigenvalue weighted by Crippen LogP contribution is -2.26. The van der Waals surface area contributed by atoms with Crippen molar-refractivity contribution in [3.63, 3.8) is 0 Å². The summed E-state index contributed by atoms with van der Waals surface area (Å²) in [6.45, 7) is 4.40. The molecule has 3 rings (SSSR count). The van der Waals surface area contributed by atoms with E-state index in [1.165, 1.54) is 0 Å². The quantitative estimate of drug-likeness (QED) is 0.431. The number of nitrogens with one attached hydrogen (secondary N) is 1. The maximum Gasteiger partial charge on any atom is 0.234 e. The van der Waals surface area contributed by atoms with Gasteiger partial charge in [-0.2, -0.15) is 0 Å². The molecule has 0 bridgehead atoms. The van der Waals surface area contributed by atoms with E-state index in [9.17, 15) is 9.35 Å². The molecule has 2 aromatic rings. The molecule has 28 heavy (non-hydrogen) atoms. The van der Waals surface area contributed by atoms with Crippen molar-refractivity contribution in [3.8, 4) is 5.75 Å². The Labute approximate surface area is 178 Å². The molecule has 1 unspecified atom stereocenters. The van der Waals surface area contributed by atoms with Crippen LogP contribution in [0.3, 0.4) is 0 Å². The predicted octanol–water partition coefficient (Wildman–Crippen LogP) is 5.58. The maximum absolute atomic E-state index is 12.3. The number of halogens is 2. The Kier molecular flexibility index (Phi) is 6.81. The summed E-state index contributed by atoms with van der Waals surface area (Å²) >= 11 is 10.8. The average molecular weight is 440 g/mol. The highest BCUT2D eigenvalue weighted by Gasteiger charge is 2.38. The van der Waals surface area contributed by atoms with E-state index in [0.29, 0.717) is 27.3 Å². The Morgan fingerprint density at radius 3 is 2.61 bits per heavy atom. The van der Waals surface area contributed by atoms with Gasteiger partial charge in [-0.1, -0.05) is 23.2 Å². The average Bonchev–Trinajstić information content (AvgIpc) is 2.89. The minimum Gasteiger partial charge on any atom is -0.611 e. The van der Waals surface area contributed by atoms with Crippen molar-refractivity contribution in [2.45, 2.75) is 43.4 Å². The molecule has 0 aliphatic carbocycles. The van der Waals surface area contributed by atoms with E-state index in [2.05, 4.69) is 5.32 Å². The fraction of sp³-hybridized carbons (Fsp3) is 0.381. The third kappa shape index (κ3) is 4.77. The zero-order valence-corrected chi connectivity index (χ0v) is 18.2. The summed E-state index contributed by atoms with van der Waals surface area (Å²) in [6, 6.07) is 10.8. The first-order valence-electron chi connectivity index (χ1n) is 9.21. The van der Waals surface area contributed by atoms with E-state index >= 15 is 0 Å². The van der Waals surface area contributed by atoms with Crippen molar-refractivity contribution in [2.24, 2.45) is 0 Å².